The lowest BCUT2D eigenvalue weighted by Crippen LogP contribution is -2.57. The summed E-state index contributed by atoms with van der Waals surface area (Å²) in [5.41, 5.74) is 1.41. The highest BCUT2D eigenvalue weighted by Gasteiger charge is 2.45. The van der Waals surface area contributed by atoms with E-state index in [0.29, 0.717) is 49.1 Å². The van der Waals surface area contributed by atoms with Crippen molar-refractivity contribution < 1.29 is 28.6 Å². The van der Waals surface area contributed by atoms with E-state index in [1.54, 1.807) is 23.1 Å². The van der Waals surface area contributed by atoms with E-state index < -0.39 is 12.1 Å². The van der Waals surface area contributed by atoms with Crippen molar-refractivity contribution >= 4 is 23.4 Å². The average Bonchev–Trinajstić information content (AvgIpc) is 3.16. The number of hydrogen-bond acceptors (Lipinski definition) is 7. The molecule has 9 heteroatoms. The molecule has 2 fully saturated rings. The molecule has 5 rings (SSSR count). The van der Waals surface area contributed by atoms with Crippen LogP contribution in [-0.2, 0) is 14.4 Å². The molecule has 3 heterocycles. The topological polar surface area (TPSA) is 88.6 Å². The molecule has 0 radical (unpaired) electrons. The first-order valence-electron chi connectivity index (χ1n) is 11.4. The number of aryl methyl sites for hydroxylation is 1. The van der Waals surface area contributed by atoms with Crippen LogP contribution < -0.4 is 19.1 Å². The van der Waals surface area contributed by atoms with Gasteiger partial charge in [0, 0.05) is 26.2 Å². The molecule has 0 saturated carbocycles. The van der Waals surface area contributed by atoms with Crippen LogP contribution in [0.5, 0.6) is 17.2 Å². The largest absolute Gasteiger partial charge is 0.495 e. The number of amides is 3. The fourth-order valence-electron chi connectivity index (χ4n) is 4.73. The molecule has 178 valence electrons. The fourth-order valence-corrected chi connectivity index (χ4v) is 4.73. The summed E-state index contributed by atoms with van der Waals surface area (Å²) in [5.74, 6) is 1.05. The molecular formula is C25H27N3O6. The smallest absolute Gasteiger partial charge is 0.267 e. The number of anilines is 1. The summed E-state index contributed by atoms with van der Waals surface area (Å²) in [7, 11) is 1.52. The molecule has 2 aromatic carbocycles. The number of para-hydroxylation sites is 2. The second kappa shape index (κ2) is 8.98. The molecule has 0 N–H and O–H groups in total. The molecule has 0 bridgehead atoms. The van der Waals surface area contributed by atoms with Gasteiger partial charge in [0.1, 0.15) is 12.4 Å². The van der Waals surface area contributed by atoms with E-state index in [-0.39, 0.29) is 30.7 Å². The molecule has 0 unspecified atom stereocenters. The Morgan fingerprint density at radius 2 is 1.76 bits per heavy atom. The van der Waals surface area contributed by atoms with Crippen LogP contribution in [0, 0.1) is 6.92 Å². The van der Waals surface area contributed by atoms with Gasteiger partial charge in [0.2, 0.25) is 12.0 Å². The van der Waals surface area contributed by atoms with Gasteiger partial charge in [0.25, 0.3) is 11.8 Å². The van der Waals surface area contributed by atoms with Crippen molar-refractivity contribution in [3.05, 3.63) is 48.0 Å². The fraction of sp³-hybridized carbons (Fsp3) is 0.400. The monoisotopic (exact) mass is 465 g/mol. The zero-order valence-corrected chi connectivity index (χ0v) is 19.2. The molecule has 3 aliphatic rings. The number of nitrogens with zero attached hydrogens (tertiary/aromatic N) is 3. The molecule has 2 aromatic rings. The van der Waals surface area contributed by atoms with Gasteiger partial charge in [-0.3, -0.25) is 19.3 Å². The Balaban J connectivity index is 1.22. The Morgan fingerprint density at radius 1 is 1.03 bits per heavy atom. The maximum Gasteiger partial charge on any atom is 0.267 e. The van der Waals surface area contributed by atoms with Crippen LogP contribution in [0.15, 0.2) is 42.5 Å². The molecule has 2 saturated heterocycles. The molecule has 3 amide bonds. The number of ether oxygens (including phenoxy) is 3. The summed E-state index contributed by atoms with van der Waals surface area (Å²) in [6.45, 7) is 3.97. The molecule has 34 heavy (non-hydrogen) atoms. The van der Waals surface area contributed by atoms with E-state index in [0.717, 1.165) is 5.56 Å². The zero-order valence-electron chi connectivity index (χ0n) is 19.2. The van der Waals surface area contributed by atoms with Crippen molar-refractivity contribution in [3.8, 4) is 17.2 Å². The molecule has 2 atom stereocenters. The summed E-state index contributed by atoms with van der Waals surface area (Å²) in [6.07, 6.45) is -0.583. The molecule has 0 aliphatic carbocycles. The highest BCUT2D eigenvalue weighted by atomic mass is 16.6. The van der Waals surface area contributed by atoms with Crippen molar-refractivity contribution in [2.24, 2.45) is 0 Å². The number of piperazine rings is 1. The highest BCUT2D eigenvalue weighted by molar-refractivity contribution is 6.23. The van der Waals surface area contributed by atoms with Gasteiger partial charge in [-0.25, -0.2) is 4.90 Å². The van der Waals surface area contributed by atoms with Gasteiger partial charge < -0.3 is 19.1 Å². The molecule has 0 aromatic heterocycles. The predicted octanol–water partition coefficient (Wildman–Crippen LogP) is 1.62. The van der Waals surface area contributed by atoms with E-state index in [2.05, 4.69) is 0 Å². The third-order valence-corrected chi connectivity index (χ3v) is 6.55. The first kappa shape index (κ1) is 22.2. The van der Waals surface area contributed by atoms with E-state index in [4.69, 9.17) is 14.2 Å². The minimum atomic E-state index is -0.694. The minimum absolute atomic E-state index is 0.111. The van der Waals surface area contributed by atoms with Crippen LogP contribution in [0.1, 0.15) is 12.0 Å². The number of imide groups is 1. The third kappa shape index (κ3) is 3.96. The first-order valence-corrected chi connectivity index (χ1v) is 11.4. The van der Waals surface area contributed by atoms with E-state index in [1.807, 2.05) is 36.1 Å². The number of methoxy groups -OCH3 is 1. The van der Waals surface area contributed by atoms with Crippen molar-refractivity contribution in [1.82, 2.24) is 9.80 Å². The van der Waals surface area contributed by atoms with Gasteiger partial charge in [-0.05, 0) is 36.8 Å². The summed E-state index contributed by atoms with van der Waals surface area (Å²) in [6, 6.07) is 12.2. The van der Waals surface area contributed by atoms with Crippen molar-refractivity contribution in [1.29, 1.82) is 0 Å². The van der Waals surface area contributed by atoms with Crippen LogP contribution in [-0.4, -0.2) is 79.6 Å². The molecular weight excluding hydrogens is 438 g/mol. The number of carbonyl (C=O) groups excluding carboxylic acids is 3. The number of carbonyl (C=O) groups is 3. The summed E-state index contributed by atoms with van der Waals surface area (Å²) in [4.78, 5) is 44.1. The number of fused-ring (bicyclic) bond motifs is 1. The molecule has 0 spiro atoms. The maximum absolute atomic E-state index is 13.3. The lowest BCUT2D eigenvalue weighted by Gasteiger charge is -2.38. The van der Waals surface area contributed by atoms with Gasteiger partial charge >= 0.3 is 0 Å². The molecule has 3 aliphatic heterocycles. The van der Waals surface area contributed by atoms with Crippen LogP contribution in [0.2, 0.25) is 0 Å². The van der Waals surface area contributed by atoms with Crippen LogP contribution in [0.4, 0.5) is 5.69 Å². The normalized spacial score (nSPS) is 22.8. The van der Waals surface area contributed by atoms with Crippen LogP contribution >= 0.6 is 0 Å². The Morgan fingerprint density at radius 3 is 2.50 bits per heavy atom. The third-order valence-electron chi connectivity index (χ3n) is 6.55. The minimum Gasteiger partial charge on any atom is -0.495 e. The summed E-state index contributed by atoms with van der Waals surface area (Å²) >= 11 is 0. The van der Waals surface area contributed by atoms with E-state index >= 15 is 0 Å². The molecule has 9 nitrogen and oxygen atoms in total. The summed E-state index contributed by atoms with van der Waals surface area (Å²) in [5, 5.41) is 0. The maximum atomic E-state index is 13.3. The lowest BCUT2D eigenvalue weighted by molar-refractivity contribution is -0.143. The zero-order chi connectivity index (χ0) is 23.8. The summed E-state index contributed by atoms with van der Waals surface area (Å²) < 4.78 is 16.9. The van der Waals surface area contributed by atoms with Gasteiger partial charge in [-0.15, -0.1) is 0 Å². The van der Waals surface area contributed by atoms with Gasteiger partial charge in [0.05, 0.1) is 25.3 Å². The predicted molar refractivity (Wildman–Crippen MR) is 123 cm³/mol. The van der Waals surface area contributed by atoms with E-state index in [9.17, 15) is 14.4 Å². The van der Waals surface area contributed by atoms with Gasteiger partial charge in [0.15, 0.2) is 11.5 Å². The Bertz CT molecular complexity index is 1130. The number of benzene rings is 2. The van der Waals surface area contributed by atoms with Crippen LogP contribution in [0.3, 0.4) is 0 Å². The Kier molecular flexibility index (Phi) is 5.87. The lowest BCUT2D eigenvalue weighted by atomic mass is 10.1. The number of hydrogen-bond donors (Lipinski definition) is 0. The quantitative estimate of drug-likeness (QED) is 0.634. The van der Waals surface area contributed by atoms with Crippen molar-refractivity contribution in [3.63, 3.8) is 0 Å². The SMILES string of the molecule is COc1ccc(C)cc1N1C(=O)C[C@H](N2CCN(C(=O)[C@@H]3COc4ccccc4O3)CC2)C1=O. The van der Waals surface area contributed by atoms with Gasteiger partial charge in [-0.2, -0.15) is 0 Å². The second-order valence-electron chi connectivity index (χ2n) is 8.69. The van der Waals surface area contributed by atoms with Crippen molar-refractivity contribution in [2.45, 2.75) is 25.5 Å². The standard InChI is InChI=1S/C25H27N3O6/c1-16-7-8-19(32-2)17(13-16)28-23(29)14-18(24(28)30)26-9-11-27(12-10-26)25(31)22-15-33-20-5-3-4-6-21(20)34-22/h3-8,13,18,22H,9-12,14-15H2,1-2H3/t18-,22-/m0/s1. The Hall–Kier alpha value is -3.59. The first-order chi connectivity index (χ1) is 16.5. The average molecular weight is 466 g/mol. The van der Waals surface area contributed by atoms with Crippen LogP contribution in [0.25, 0.3) is 0 Å². The Labute approximate surface area is 197 Å². The van der Waals surface area contributed by atoms with Gasteiger partial charge in [-0.1, -0.05) is 18.2 Å². The number of rotatable bonds is 4. The van der Waals surface area contributed by atoms with E-state index in [1.165, 1.54) is 12.0 Å². The highest BCUT2D eigenvalue weighted by Crippen LogP contribution is 2.35. The second-order valence-corrected chi connectivity index (χ2v) is 8.69. The van der Waals surface area contributed by atoms with Crippen molar-refractivity contribution in [2.75, 3.05) is 44.8 Å².